The molecule has 0 spiro atoms. The third-order valence-corrected chi connectivity index (χ3v) is 4.21. The number of imidazole rings is 1. The SMILES string of the molecule is COc1ccc(-c2nc3n(c2Br)CCCN3)cc1OC. The van der Waals surface area contributed by atoms with Crippen LogP contribution in [0, 0.1) is 0 Å². The number of nitrogens with zero attached hydrogens (tertiary/aromatic N) is 2. The molecule has 0 radical (unpaired) electrons. The van der Waals surface area contributed by atoms with Gasteiger partial charge in [0.1, 0.15) is 10.3 Å². The first kappa shape index (κ1) is 13.3. The lowest BCUT2D eigenvalue weighted by molar-refractivity contribution is 0.355. The molecule has 0 amide bonds. The van der Waals surface area contributed by atoms with Crippen LogP contribution in [-0.4, -0.2) is 30.3 Å². The fourth-order valence-corrected chi connectivity index (χ4v) is 3.04. The maximum Gasteiger partial charge on any atom is 0.204 e. The van der Waals surface area contributed by atoms with Crippen molar-refractivity contribution >= 4 is 21.9 Å². The predicted molar refractivity (Wildman–Crippen MR) is 81.6 cm³/mol. The normalized spacial score (nSPS) is 13.6. The minimum absolute atomic E-state index is 0.704. The lowest BCUT2D eigenvalue weighted by Crippen LogP contribution is -2.17. The Morgan fingerprint density at radius 3 is 2.75 bits per heavy atom. The molecule has 2 aromatic rings. The highest BCUT2D eigenvalue weighted by Gasteiger charge is 2.19. The predicted octanol–water partition coefficient (Wildman–Crippen LogP) is 3.15. The zero-order chi connectivity index (χ0) is 14.1. The average molecular weight is 338 g/mol. The lowest BCUT2D eigenvalue weighted by atomic mass is 10.1. The molecule has 1 aromatic carbocycles. The van der Waals surface area contributed by atoms with Crippen LogP contribution in [0.1, 0.15) is 6.42 Å². The molecule has 20 heavy (non-hydrogen) atoms. The molecule has 0 saturated carbocycles. The molecular weight excluding hydrogens is 322 g/mol. The summed E-state index contributed by atoms with van der Waals surface area (Å²) >= 11 is 3.64. The standard InChI is InChI=1S/C14H16BrN3O2/c1-19-10-5-4-9(8-11(10)20-2)12-13(15)18-7-3-6-16-14(18)17-12/h4-5,8H,3,6-7H2,1-2H3,(H,16,17). The molecule has 0 unspecified atom stereocenters. The van der Waals surface area contributed by atoms with E-state index < -0.39 is 0 Å². The first-order chi connectivity index (χ1) is 9.74. The second-order valence-electron chi connectivity index (χ2n) is 4.58. The molecule has 0 fully saturated rings. The largest absolute Gasteiger partial charge is 0.493 e. The Kier molecular flexibility index (Phi) is 3.56. The summed E-state index contributed by atoms with van der Waals surface area (Å²) in [6, 6.07) is 5.82. The molecule has 0 aliphatic carbocycles. The van der Waals surface area contributed by atoms with Crippen LogP contribution >= 0.6 is 15.9 Å². The summed E-state index contributed by atoms with van der Waals surface area (Å²) < 4.78 is 13.8. The van der Waals surface area contributed by atoms with Crippen molar-refractivity contribution in [2.24, 2.45) is 0 Å². The van der Waals surface area contributed by atoms with Crippen LogP contribution in [-0.2, 0) is 6.54 Å². The highest BCUT2D eigenvalue weighted by atomic mass is 79.9. The topological polar surface area (TPSA) is 48.3 Å². The van der Waals surface area contributed by atoms with Gasteiger partial charge in [0.15, 0.2) is 11.5 Å². The van der Waals surface area contributed by atoms with Gasteiger partial charge in [0.05, 0.1) is 14.2 Å². The number of hydrogen-bond donors (Lipinski definition) is 1. The average Bonchev–Trinajstić information content (AvgIpc) is 2.84. The van der Waals surface area contributed by atoms with E-state index in [2.05, 4.69) is 30.8 Å². The number of rotatable bonds is 3. The first-order valence-corrected chi connectivity index (χ1v) is 7.26. The Labute approximate surface area is 126 Å². The van der Waals surface area contributed by atoms with Crippen molar-refractivity contribution in [3.8, 4) is 22.8 Å². The molecule has 0 bridgehead atoms. The van der Waals surface area contributed by atoms with Gasteiger partial charge in [-0.15, -0.1) is 0 Å². The summed E-state index contributed by atoms with van der Waals surface area (Å²) in [5.41, 5.74) is 1.91. The van der Waals surface area contributed by atoms with E-state index >= 15 is 0 Å². The smallest absolute Gasteiger partial charge is 0.204 e. The van der Waals surface area contributed by atoms with E-state index in [0.717, 1.165) is 47.1 Å². The molecule has 0 atom stereocenters. The molecule has 3 rings (SSSR count). The highest BCUT2D eigenvalue weighted by molar-refractivity contribution is 9.10. The quantitative estimate of drug-likeness (QED) is 0.934. The van der Waals surface area contributed by atoms with Crippen molar-refractivity contribution < 1.29 is 9.47 Å². The Bertz CT molecular complexity index is 640. The fourth-order valence-electron chi connectivity index (χ4n) is 2.38. The lowest BCUT2D eigenvalue weighted by Gasteiger charge is -2.15. The van der Waals surface area contributed by atoms with Crippen molar-refractivity contribution in [3.05, 3.63) is 22.8 Å². The van der Waals surface area contributed by atoms with Crippen molar-refractivity contribution in [2.45, 2.75) is 13.0 Å². The van der Waals surface area contributed by atoms with E-state index in [1.807, 2.05) is 18.2 Å². The summed E-state index contributed by atoms with van der Waals surface area (Å²) in [4.78, 5) is 4.66. The van der Waals surface area contributed by atoms with Gasteiger partial charge in [-0.25, -0.2) is 4.98 Å². The molecule has 2 heterocycles. The van der Waals surface area contributed by atoms with E-state index in [1.165, 1.54) is 0 Å². The van der Waals surface area contributed by atoms with Crippen LogP contribution in [0.2, 0.25) is 0 Å². The van der Waals surface area contributed by atoms with Crippen LogP contribution < -0.4 is 14.8 Å². The maximum atomic E-state index is 5.35. The minimum atomic E-state index is 0.704. The van der Waals surface area contributed by atoms with Crippen molar-refractivity contribution in [3.63, 3.8) is 0 Å². The van der Waals surface area contributed by atoms with Crippen LogP contribution in [0.15, 0.2) is 22.8 Å². The summed E-state index contributed by atoms with van der Waals surface area (Å²) in [5, 5.41) is 3.31. The third-order valence-electron chi connectivity index (χ3n) is 3.40. The highest BCUT2D eigenvalue weighted by Crippen LogP contribution is 2.36. The minimum Gasteiger partial charge on any atom is -0.493 e. The van der Waals surface area contributed by atoms with E-state index in [1.54, 1.807) is 14.2 Å². The number of aromatic nitrogens is 2. The summed E-state index contributed by atoms with van der Waals surface area (Å²) in [6.07, 6.45) is 1.10. The third kappa shape index (κ3) is 2.14. The molecule has 106 valence electrons. The number of methoxy groups -OCH3 is 2. The first-order valence-electron chi connectivity index (χ1n) is 6.47. The van der Waals surface area contributed by atoms with E-state index in [0.29, 0.717) is 5.75 Å². The second kappa shape index (κ2) is 5.36. The van der Waals surface area contributed by atoms with Gasteiger partial charge < -0.3 is 19.4 Å². The van der Waals surface area contributed by atoms with Crippen LogP contribution in [0.25, 0.3) is 11.3 Å². The van der Waals surface area contributed by atoms with Crippen LogP contribution in [0.5, 0.6) is 11.5 Å². The molecule has 6 heteroatoms. The number of halogens is 1. The van der Waals surface area contributed by atoms with Gasteiger partial charge in [0.25, 0.3) is 0 Å². The Morgan fingerprint density at radius 2 is 2.05 bits per heavy atom. The van der Waals surface area contributed by atoms with Crippen molar-refractivity contribution in [2.75, 3.05) is 26.1 Å². The number of hydrogen-bond acceptors (Lipinski definition) is 4. The summed E-state index contributed by atoms with van der Waals surface area (Å²) in [5.74, 6) is 2.33. The number of fused-ring (bicyclic) bond motifs is 1. The van der Waals surface area contributed by atoms with Gasteiger partial charge in [0, 0.05) is 18.7 Å². The molecule has 1 aromatic heterocycles. The van der Waals surface area contributed by atoms with Crippen molar-refractivity contribution in [1.29, 1.82) is 0 Å². The van der Waals surface area contributed by atoms with Gasteiger partial charge in [0.2, 0.25) is 5.95 Å². The zero-order valence-electron chi connectivity index (χ0n) is 11.4. The zero-order valence-corrected chi connectivity index (χ0v) is 13.0. The molecule has 5 nitrogen and oxygen atoms in total. The van der Waals surface area contributed by atoms with Crippen LogP contribution in [0.3, 0.4) is 0 Å². The number of ether oxygens (including phenoxy) is 2. The van der Waals surface area contributed by atoms with Gasteiger partial charge in [-0.2, -0.15) is 0 Å². The van der Waals surface area contributed by atoms with Gasteiger partial charge >= 0.3 is 0 Å². The number of nitrogens with one attached hydrogen (secondary N) is 1. The molecule has 1 aliphatic heterocycles. The Hall–Kier alpha value is -1.69. The molecular formula is C14H16BrN3O2. The van der Waals surface area contributed by atoms with E-state index in [9.17, 15) is 0 Å². The Morgan fingerprint density at radius 1 is 1.25 bits per heavy atom. The monoisotopic (exact) mass is 337 g/mol. The molecule has 0 saturated heterocycles. The Balaban J connectivity index is 2.07. The maximum absolute atomic E-state index is 5.35. The van der Waals surface area contributed by atoms with Gasteiger partial charge in [-0.05, 0) is 40.5 Å². The molecule has 1 aliphatic rings. The van der Waals surface area contributed by atoms with E-state index in [4.69, 9.17) is 9.47 Å². The van der Waals surface area contributed by atoms with Crippen molar-refractivity contribution in [1.82, 2.24) is 9.55 Å². The second-order valence-corrected chi connectivity index (χ2v) is 5.33. The number of anilines is 1. The van der Waals surface area contributed by atoms with Gasteiger partial charge in [-0.3, -0.25) is 0 Å². The summed E-state index contributed by atoms with van der Waals surface area (Å²) in [7, 11) is 3.27. The fraction of sp³-hybridized carbons (Fsp3) is 0.357. The van der Waals surface area contributed by atoms with E-state index in [-0.39, 0.29) is 0 Å². The molecule has 1 N–H and O–H groups in total. The van der Waals surface area contributed by atoms with Gasteiger partial charge in [-0.1, -0.05) is 0 Å². The number of benzene rings is 1. The summed E-state index contributed by atoms with van der Waals surface area (Å²) in [6.45, 7) is 1.94. The van der Waals surface area contributed by atoms with Crippen LogP contribution in [0.4, 0.5) is 5.95 Å².